The first kappa shape index (κ1) is 13.2. The standard InChI is InChI=1S/C14H27N3S/c1-16-6-2-3-12-9-17(7-4-13(12)16)14(10-15)5-8-18-11-14/h12-13H,2-11,15H2,1H3. The van der Waals surface area contributed by atoms with Gasteiger partial charge in [0.2, 0.25) is 0 Å². The Morgan fingerprint density at radius 3 is 2.94 bits per heavy atom. The summed E-state index contributed by atoms with van der Waals surface area (Å²) in [5.74, 6) is 3.46. The van der Waals surface area contributed by atoms with Gasteiger partial charge in [0, 0.05) is 37.0 Å². The summed E-state index contributed by atoms with van der Waals surface area (Å²) in [5, 5.41) is 0. The highest BCUT2D eigenvalue weighted by Crippen LogP contribution is 2.38. The molecule has 0 amide bonds. The summed E-state index contributed by atoms with van der Waals surface area (Å²) in [4.78, 5) is 5.36. The minimum absolute atomic E-state index is 0.339. The van der Waals surface area contributed by atoms with Crippen LogP contribution in [0.2, 0.25) is 0 Å². The molecule has 0 bridgehead atoms. The number of piperidine rings is 2. The van der Waals surface area contributed by atoms with Crippen molar-refractivity contribution in [2.24, 2.45) is 11.7 Å². The van der Waals surface area contributed by atoms with Crippen molar-refractivity contribution < 1.29 is 0 Å². The first-order valence-corrected chi connectivity index (χ1v) is 8.64. The van der Waals surface area contributed by atoms with Gasteiger partial charge in [0.15, 0.2) is 0 Å². The molecule has 0 aromatic rings. The summed E-state index contributed by atoms with van der Waals surface area (Å²) in [7, 11) is 2.32. The Morgan fingerprint density at radius 2 is 2.22 bits per heavy atom. The number of hydrogen-bond acceptors (Lipinski definition) is 4. The lowest BCUT2D eigenvalue weighted by Crippen LogP contribution is -2.61. The third-order valence-corrected chi connectivity index (χ3v) is 6.71. The molecule has 3 unspecified atom stereocenters. The van der Waals surface area contributed by atoms with E-state index in [9.17, 15) is 0 Å². The zero-order valence-electron chi connectivity index (χ0n) is 11.6. The molecule has 0 spiro atoms. The first-order valence-electron chi connectivity index (χ1n) is 7.48. The van der Waals surface area contributed by atoms with Gasteiger partial charge in [0.25, 0.3) is 0 Å². The van der Waals surface area contributed by atoms with E-state index in [-0.39, 0.29) is 0 Å². The number of thioether (sulfide) groups is 1. The number of nitrogens with two attached hydrogens (primary N) is 1. The fourth-order valence-corrected chi connectivity index (χ4v) is 5.71. The van der Waals surface area contributed by atoms with Gasteiger partial charge in [0.05, 0.1) is 0 Å². The molecule has 4 heteroatoms. The molecule has 0 aliphatic carbocycles. The van der Waals surface area contributed by atoms with Crippen molar-refractivity contribution in [1.82, 2.24) is 9.80 Å². The molecule has 3 aliphatic heterocycles. The maximum atomic E-state index is 6.13. The molecule has 3 nitrogen and oxygen atoms in total. The van der Waals surface area contributed by atoms with Crippen molar-refractivity contribution in [3.8, 4) is 0 Å². The van der Waals surface area contributed by atoms with Crippen LogP contribution in [0.3, 0.4) is 0 Å². The number of rotatable bonds is 2. The first-order chi connectivity index (χ1) is 8.75. The number of hydrogen-bond donors (Lipinski definition) is 1. The van der Waals surface area contributed by atoms with E-state index in [1.54, 1.807) is 0 Å². The highest BCUT2D eigenvalue weighted by Gasteiger charge is 2.44. The molecule has 3 rings (SSSR count). The van der Waals surface area contributed by atoms with E-state index in [1.165, 1.54) is 56.8 Å². The summed E-state index contributed by atoms with van der Waals surface area (Å²) < 4.78 is 0. The van der Waals surface area contributed by atoms with Gasteiger partial charge in [-0.1, -0.05) is 0 Å². The van der Waals surface area contributed by atoms with Crippen LogP contribution in [-0.4, -0.2) is 66.1 Å². The fraction of sp³-hybridized carbons (Fsp3) is 1.00. The second-order valence-corrected chi connectivity index (χ2v) is 7.52. The van der Waals surface area contributed by atoms with E-state index in [0.29, 0.717) is 5.54 Å². The monoisotopic (exact) mass is 269 g/mol. The molecule has 3 fully saturated rings. The minimum atomic E-state index is 0.339. The van der Waals surface area contributed by atoms with Crippen molar-refractivity contribution in [3.05, 3.63) is 0 Å². The van der Waals surface area contributed by atoms with Crippen LogP contribution in [0.5, 0.6) is 0 Å². The van der Waals surface area contributed by atoms with Gasteiger partial charge < -0.3 is 10.6 Å². The Kier molecular flexibility index (Phi) is 3.90. The molecule has 0 saturated carbocycles. The lowest BCUT2D eigenvalue weighted by Gasteiger charge is -2.51. The quantitative estimate of drug-likeness (QED) is 0.817. The van der Waals surface area contributed by atoms with Crippen LogP contribution in [-0.2, 0) is 0 Å². The molecule has 3 heterocycles. The lowest BCUT2D eigenvalue weighted by atomic mass is 9.81. The Labute approximate surface area is 115 Å². The van der Waals surface area contributed by atoms with E-state index in [1.807, 2.05) is 0 Å². The highest BCUT2D eigenvalue weighted by molar-refractivity contribution is 7.99. The third-order valence-electron chi connectivity index (χ3n) is 5.48. The molecule has 0 radical (unpaired) electrons. The van der Waals surface area contributed by atoms with Crippen LogP contribution < -0.4 is 5.73 Å². The summed E-state index contributed by atoms with van der Waals surface area (Å²) in [6.07, 6.45) is 5.48. The lowest BCUT2D eigenvalue weighted by molar-refractivity contribution is -0.00540. The van der Waals surface area contributed by atoms with Crippen molar-refractivity contribution >= 4 is 11.8 Å². The van der Waals surface area contributed by atoms with Gasteiger partial charge >= 0.3 is 0 Å². The average molecular weight is 269 g/mol. The molecule has 3 saturated heterocycles. The third kappa shape index (κ3) is 2.21. The van der Waals surface area contributed by atoms with Gasteiger partial charge in [-0.2, -0.15) is 11.8 Å². The molecular weight excluding hydrogens is 242 g/mol. The zero-order valence-corrected chi connectivity index (χ0v) is 12.4. The second kappa shape index (κ2) is 5.31. The van der Waals surface area contributed by atoms with Crippen LogP contribution in [0, 0.1) is 5.92 Å². The Balaban J connectivity index is 1.69. The van der Waals surface area contributed by atoms with Crippen LogP contribution in [0.25, 0.3) is 0 Å². The van der Waals surface area contributed by atoms with Gasteiger partial charge in [-0.15, -0.1) is 0 Å². The normalized spacial score (nSPS) is 43.0. The van der Waals surface area contributed by atoms with Gasteiger partial charge in [0.1, 0.15) is 0 Å². The summed E-state index contributed by atoms with van der Waals surface area (Å²) in [5.41, 5.74) is 6.47. The Bertz CT molecular complexity index is 291. The Morgan fingerprint density at radius 1 is 1.33 bits per heavy atom. The van der Waals surface area contributed by atoms with Crippen molar-refractivity contribution in [2.45, 2.75) is 37.3 Å². The predicted molar refractivity (Wildman–Crippen MR) is 79.1 cm³/mol. The second-order valence-electron chi connectivity index (χ2n) is 6.42. The molecule has 104 valence electrons. The fourth-order valence-electron chi connectivity index (χ4n) is 4.22. The summed E-state index contributed by atoms with van der Waals surface area (Å²) >= 11 is 2.10. The van der Waals surface area contributed by atoms with Crippen molar-refractivity contribution in [3.63, 3.8) is 0 Å². The van der Waals surface area contributed by atoms with Gasteiger partial charge in [-0.3, -0.25) is 4.90 Å². The van der Waals surface area contributed by atoms with E-state index < -0.39 is 0 Å². The number of nitrogens with zero attached hydrogens (tertiary/aromatic N) is 2. The Hall–Kier alpha value is 0.230. The minimum Gasteiger partial charge on any atom is -0.329 e. The smallest absolute Gasteiger partial charge is 0.0429 e. The number of fused-ring (bicyclic) bond motifs is 1. The zero-order chi connectivity index (χ0) is 12.6. The molecule has 0 aromatic heterocycles. The van der Waals surface area contributed by atoms with E-state index in [2.05, 4.69) is 28.6 Å². The van der Waals surface area contributed by atoms with Crippen LogP contribution in [0.1, 0.15) is 25.7 Å². The predicted octanol–water partition coefficient (Wildman–Crippen LogP) is 1.24. The van der Waals surface area contributed by atoms with E-state index in [0.717, 1.165) is 18.5 Å². The number of likely N-dealkylation sites (tertiary alicyclic amines) is 2. The molecule has 18 heavy (non-hydrogen) atoms. The van der Waals surface area contributed by atoms with Crippen LogP contribution >= 0.6 is 11.8 Å². The van der Waals surface area contributed by atoms with Crippen LogP contribution in [0.4, 0.5) is 0 Å². The molecule has 3 aliphatic rings. The largest absolute Gasteiger partial charge is 0.329 e. The highest BCUT2D eigenvalue weighted by atomic mass is 32.2. The topological polar surface area (TPSA) is 32.5 Å². The van der Waals surface area contributed by atoms with Crippen LogP contribution in [0.15, 0.2) is 0 Å². The van der Waals surface area contributed by atoms with E-state index in [4.69, 9.17) is 5.73 Å². The van der Waals surface area contributed by atoms with Crippen molar-refractivity contribution in [1.29, 1.82) is 0 Å². The van der Waals surface area contributed by atoms with E-state index >= 15 is 0 Å². The molecule has 0 aromatic carbocycles. The molecule has 3 atom stereocenters. The maximum Gasteiger partial charge on any atom is 0.0429 e. The molecule has 2 N–H and O–H groups in total. The van der Waals surface area contributed by atoms with Gasteiger partial charge in [-0.25, -0.2) is 0 Å². The summed E-state index contributed by atoms with van der Waals surface area (Å²) in [6.45, 7) is 4.72. The van der Waals surface area contributed by atoms with Crippen molar-refractivity contribution in [2.75, 3.05) is 44.7 Å². The molecular formula is C14H27N3S. The van der Waals surface area contributed by atoms with Gasteiger partial charge in [-0.05, 0) is 50.9 Å². The summed E-state index contributed by atoms with van der Waals surface area (Å²) in [6, 6.07) is 0.846. The maximum absolute atomic E-state index is 6.13. The SMILES string of the molecule is CN1CCCC2CN(C3(CN)CCSC3)CCC21. The average Bonchev–Trinajstić information content (AvgIpc) is 2.89.